The van der Waals surface area contributed by atoms with Crippen molar-refractivity contribution >= 4 is 0 Å². The van der Waals surface area contributed by atoms with E-state index in [1.807, 2.05) is 26.0 Å². The number of likely N-dealkylation sites (tertiary alicyclic amines) is 1. The smallest absolute Gasteiger partial charge is 0.257 e. The van der Waals surface area contributed by atoms with Crippen LogP contribution in [-0.2, 0) is 6.54 Å². The molecule has 29 heavy (non-hydrogen) atoms. The molecule has 0 unspecified atom stereocenters. The molecule has 4 rings (SSSR count). The third-order valence-electron chi connectivity index (χ3n) is 5.56. The second kappa shape index (κ2) is 8.53. The average Bonchev–Trinajstić information content (AvgIpc) is 2.68. The molecule has 1 saturated heterocycles. The molecule has 7 heteroatoms. The van der Waals surface area contributed by atoms with Crippen LogP contribution in [0, 0.1) is 25.6 Å². The van der Waals surface area contributed by atoms with Gasteiger partial charge in [0.15, 0.2) is 5.75 Å². The summed E-state index contributed by atoms with van der Waals surface area (Å²) >= 11 is 0. The number of hydrogen-bond donors (Lipinski definition) is 0. The third kappa shape index (κ3) is 4.78. The number of fused-ring (bicyclic) bond motifs is 1. The van der Waals surface area contributed by atoms with Crippen molar-refractivity contribution < 1.29 is 18.6 Å². The second-order valence-corrected chi connectivity index (χ2v) is 8.04. The van der Waals surface area contributed by atoms with Crippen molar-refractivity contribution in [1.29, 1.82) is 0 Å². The Morgan fingerprint density at radius 2 is 1.86 bits per heavy atom. The highest BCUT2D eigenvalue weighted by molar-refractivity contribution is 5.36. The number of nitrogens with zero attached hydrogens (tertiary/aromatic N) is 3. The second-order valence-electron chi connectivity index (χ2n) is 8.04. The van der Waals surface area contributed by atoms with Gasteiger partial charge in [0, 0.05) is 54.6 Å². The van der Waals surface area contributed by atoms with Gasteiger partial charge in [0.2, 0.25) is 0 Å². The van der Waals surface area contributed by atoms with Crippen LogP contribution >= 0.6 is 0 Å². The summed E-state index contributed by atoms with van der Waals surface area (Å²) in [6.45, 7) is 8.93. The molecular weight excluding hydrogens is 373 g/mol. The minimum Gasteiger partial charge on any atom is -0.493 e. The van der Waals surface area contributed by atoms with Crippen molar-refractivity contribution in [2.75, 3.05) is 26.4 Å². The van der Waals surface area contributed by atoms with Gasteiger partial charge in [0.25, 0.3) is 5.88 Å². The molecule has 0 N–H and O–H groups in total. The molecule has 1 fully saturated rings. The molecule has 2 aliphatic rings. The van der Waals surface area contributed by atoms with Gasteiger partial charge in [-0.05, 0) is 33.6 Å². The Kier molecular flexibility index (Phi) is 5.85. The van der Waals surface area contributed by atoms with E-state index >= 15 is 0 Å². The average molecular weight is 401 g/mol. The summed E-state index contributed by atoms with van der Waals surface area (Å²) in [7, 11) is 0. The molecule has 2 aromatic heterocycles. The van der Waals surface area contributed by atoms with Crippen LogP contribution in [0.1, 0.15) is 36.8 Å². The van der Waals surface area contributed by atoms with Crippen LogP contribution < -0.4 is 14.2 Å². The first-order valence-corrected chi connectivity index (χ1v) is 10.2. The Balaban J connectivity index is 1.40. The molecule has 2 aromatic rings. The molecule has 6 nitrogen and oxygen atoms in total. The van der Waals surface area contributed by atoms with Gasteiger partial charge in [-0.3, -0.25) is 9.88 Å². The molecule has 0 bridgehead atoms. The predicted molar refractivity (Wildman–Crippen MR) is 107 cm³/mol. The fourth-order valence-electron chi connectivity index (χ4n) is 4.00. The molecule has 0 spiro atoms. The number of rotatable bonds is 5. The van der Waals surface area contributed by atoms with Crippen molar-refractivity contribution in [3.05, 3.63) is 41.1 Å². The molecule has 4 heterocycles. The van der Waals surface area contributed by atoms with E-state index in [1.165, 1.54) is 6.07 Å². The molecule has 0 radical (unpaired) electrons. The van der Waals surface area contributed by atoms with Gasteiger partial charge in [-0.2, -0.15) is 0 Å². The van der Waals surface area contributed by atoms with Crippen molar-refractivity contribution in [3.8, 4) is 17.4 Å². The lowest BCUT2D eigenvalue weighted by Gasteiger charge is -2.37. The number of pyridine rings is 2. The summed E-state index contributed by atoms with van der Waals surface area (Å²) in [5.74, 6) is 1.68. The van der Waals surface area contributed by atoms with Gasteiger partial charge < -0.3 is 14.2 Å². The highest BCUT2D eigenvalue weighted by Crippen LogP contribution is 2.31. The number of halogens is 1. The van der Waals surface area contributed by atoms with Gasteiger partial charge in [-0.25, -0.2) is 9.37 Å². The molecule has 0 amide bonds. The van der Waals surface area contributed by atoms with E-state index in [9.17, 15) is 4.39 Å². The zero-order valence-corrected chi connectivity index (χ0v) is 17.3. The Bertz CT molecular complexity index is 856. The van der Waals surface area contributed by atoms with Crippen LogP contribution in [0.5, 0.6) is 17.4 Å². The maximum Gasteiger partial charge on any atom is 0.257 e. The van der Waals surface area contributed by atoms with Crippen LogP contribution in [0.25, 0.3) is 0 Å². The maximum atomic E-state index is 14.5. The van der Waals surface area contributed by atoms with Gasteiger partial charge in [0.1, 0.15) is 24.8 Å². The lowest BCUT2D eigenvalue weighted by molar-refractivity contribution is 0.0806. The van der Waals surface area contributed by atoms with Crippen LogP contribution in [0.3, 0.4) is 0 Å². The van der Waals surface area contributed by atoms with Crippen molar-refractivity contribution in [1.82, 2.24) is 14.9 Å². The fraction of sp³-hybridized carbons (Fsp3) is 0.545. The normalized spacial score (nSPS) is 21.8. The molecule has 2 atom stereocenters. The van der Waals surface area contributed by atoms with E-state index in [4.69, 9.17) is 14.2 Å². The third-order valence-corrected chi connectivity index (χ3v) is 5.56. The molecular formula is C22H28FN3O3. The Hall–Kier alpha value is -2.41. The topological polar surface area (TPSA) is 56.7 Å². The van der Waals surface area contributed by atoms with E-state index < -0.39 is 0 Å². The van der Waals surface area contributed by atoms with Crippen molar-refractivity contribution in [2.45, 2.75) is 46.2 Å². The summed E-state index contributed by atoms with van der Waals surface area (Å²) in [6.07, 6.45) is 2.15. The lowest BCUT2D eigenvalue weighted by Crippen LogP contribution is -2.43. The molecule has 0 aliphatic carbocycles. The van der Waals surface area contributed by atoms with Gasteiger partial charge in [-0.15, -0.1) is 0 Å². The predicted octanol–water partition coefficient (Wildman–Crippen LogP) is 3.68. The highest BCUT2D eigenvalue weighted by atomic mass is 19.1. The van der Waals surface area contributed by atoms with Crippen LogP contribution in [0.2, 0.25) is 0 Å². The number of piperidine rings is 1. The quantitative estimate of drug-likeness (QED) is 0.762. The standard InChI is InChI=1S/C22H28FN3O3/c1-14-8-18(9-15(2)24-14)29-13-17-5-4-16(3)26(11-17)12-20-19(23)10-21-22(25-20)28-7-6-27-21/h8-10,16-17H,4-7,11-13H2,1-3H3/t16-,17-/m0/s1. The molecule has 2 aliphatic heterocycles. The summed E-state index contributed by atoms with van der Waals surface area (Å²) < 4.78 is 31.5. The highest BCUT2D eigenvalue weighted by Gasteiger charge is 2.28. The molecule has 156 valence electrons. The van der Waals surface area contributed by atoms with Gasteiger partial charge in [-0.1, -0.05) is 0 Å². The number of aromatic nitrogens is 2. The number of hydrogen-bond acceptors (Lipinski definition) is 6. The zero-order chi connectivity index (χ0) is 20.4. The number of aryl methyl sites for hydroxylation is 2. The molecule has 0 aromatic carbocycles. The van der Waals surface area contributed by atoms with Gasteiger partial charge >= 0.3 is 0 Å². The van der Waals surface area contributed by atoms with Crippen LogP contribution in [-0.4, -0.2) is 47.3 Å². The van der Waals surface area contributed by atoms with E-state index in [2.05, 4.69) is 21.8 Å². The summed E-state index contributed by atoms with van der Waals surface area (Å²) in [6, 6.07) is 5.68. The first kappa shape index (κ1) is 19.9. The Morgan fingerprint density at radius 3 is 2.66 bits per heavy atom. The van der Waals surface area contributed by atoms with Crippen molar-refractivity contribution in [2.24, 2.45) is 5.92 Å². The summed E-state index contributed by atoms with van der Waals surface area (Å²) in [5, 5.41) is 0. The minimum atomic E-state index is -0.345. The zero-order valence-electron chi connectivity index (χ0n) is 17.3. The fourth-order valence-corrected chi connectivity index (χ4v) is 4.00. The first-order chi connectivity index (χ1) is 14.0. The monoisotopic (exact) mass is 401 g/mol. The first-order valence-electron chi connectivity index (χ1n) is 10.2. The maximum absolute atomic E-state index is 14.5. The summed E-state index contributed by atoms with van der Waals surface area (Å²) in [4.78, 5) is 11.0. The van der Waals surface area contributed by atoms with E-state index in [0.29, 0.717) is 55.6 Å². The van der Waals surface area contributed by atoms with Crippen molar-refractivity contribution in [3.63, 3.8) is 0 Å². The lowest BCUT2D eigenvalue weighted by atomic mass is 9.94. The Morgan fingerprint density at radius 1 is 1.10 bits per heavy atom. The van der Waals surface area contributed by atoms with Crippen LogP contribution in [0.4, 0.5) is 4.39 Å². The van der Waals surface area contributed by atoms with Crippen LogP contribution in [0.15, 0.2) is 18.2 Å². The number of ether oxygens (including phenoxy) is 3. The van der Waals surface area contributed by atoms with E-state index in [1.54, 1.807) is 0 Å². The van der Waals surface area contributed by atoms with Gasteiger partial charge in [0.05, 0.1) is 12.3 Å². The summed E-state index contributed by atoms with van der Waals surface area (Å²) in [5.41, 5.74) is 2.32. The largest absolute Gasteiger partial charge is 0.493 e. The molecule has 0 saturated carbocycles. The Labute approximate surface area is 171 Å². The minimum absolute atomic E-state index is 0.345. The van der Waals surface area contributed by atoms with E-state index in [-0.39, 0.29) is 5.82 Å². The van der Waals surface area contributed by atoms with E-state index in [0.717, 1.165) is 36.5 Å². The SMILES string of the molecule is Cc1cc(OC[C@H]2CC[C@H](C)N(Cc3nc4c(cc3F)OCCO4)C2)cc(C)n1.